The summed E-state index contributed by atoms with van der Waals surface area (Å²) >= 11 is 2.22. The molecule has 2 aliphatic rings. The zero-order valence-corrected chi connectivity index (χ0v) is 18.4. The Bertz CT molecular complexity index is 1060. The number of hydrogen-bond acceptors (Lipinski definition) is 3. The number of nitrogens with one attached hydrogen (secondary N) is 1. The number of allylic oxidation sites excluding steroid dienone is 2. The van der Waals surface area contributed by atoms with Crippen LogP contribution in [-0.2, 0) is 9.59 Å². The average molecular weight is 500 g/mol. The molecule has 1 N–H and O–H groups in total. The van der Waals surface area contributed by atoms with E-state index in [-0.39, 0.29) is 29.6 Å². The Hall–Kier alpha value is -2.48. The van der Waals surface area contributed by atoms with Gasteiger partial charge in [-0.3, -0.25) is 14.4 Å². The topological polar surface area (TPSA) is 66.5 Å². The Morgan fingerprint density at radius 2 is 1.79 bits per heavy atom. The van der Waals surface area contributed by atoms with Gasteiger partial charge in [0.05, 0.1) is 23.1 Å². The van der Waals surface area contributed by atoms with Crippen molar-refractivity contribution in [3.05, 3.63) is 68.8 Å². The third kappa shape index (κ3) is 3.61. The number of nitrogens with zero attached hydrogens (tertiary/aromatic N) is 1. The molecule has 0 saturated carbocycles. The van der Waals surface area contributed by atoms with Crippen molar-refractivity contribution in [3.8, 4) is 0 Å². The van der Waals surface area contributed by atoms with Crippen LogP contribution in [0.3, 0.4) is 0 Å². The molecule has 0 radical (unpaired) electrons. The van der Waals surface area contributed by atoms with Crippen LogP contribution in [0.2, 0.25) is 0 Å². The quantitative estimate of drug-likeness (QED) is 0.378. The summed E-state index contributed by atoms with van der Waals surface area (Å²) in [6, 6.07) is 12.6. The van der Waals surface area contributed by atoms with Crippen LogP contribution in [0.5, 0.6) is 0 Å². The predicted molar refractivity (Wildman–Crippen MR) is 121 cm³/mol. The third-order valence-electron chi connectivity index (χ3n) is 5.65. The summed E-state index contributed by atoms with van der Waals surface area (Å²) in [7, 11) is 0. The minimum absolute atomic E-state index is 0.210. The Kier molecular flexibility index (Phi) is 5.29. The fourth-order valence-electron chi connectivity index (χ4n) is 4.09. The second kappa shape index (κ2) is 7.74. The van der Waals surface area contributed by atoms with Crippen molar-refractivity contribution in [1.82, 2.24) is 0 Å². The summed E-state index contributed by atoms with van der Waals surface area (Å²) < 4.78 is 1.08. The molecule has 1 aliphatic heterocycles. The lowest BCUT2D eigenvalue weighted by molar-refractivity contribution is -0.122. The molecule has 2 aromatic rings. The van der Waals surface area contributed by atoms with Crippen LogP contribution in [0.4, 0.5) is 11.4 Å². The van der Waals surface area contributed by atoms with E-state index in [0.717, 1.165) is 14.7 Å². The first-order valence-corrected chi connectivity index (χ1v) is 10.6. The molecule has 148 valence electrons. The minimum Gasteiger partial charge on any atom is -0.322 e. The maximum absolute atomic E-state index is 13.1. The number of aryl methyl sites for hydroxylation is 1. The Labute approximate surface area is 183 Å². The van der Waals surface area contributed by atoms with Gasteiger partial charge >= 0.3 is 0 Å². The molecule has 29 heavy (non-hydrogen) atoms. The zero-order valence-electron chi connectivity index (χ0n) is 16.2. The molecule has 6 heteroatoms. The van der Waals surface area contributed by atoms with E-state index < -0.39 is 0 Å². The highest BCUT2D eigenvalue weighted by Gasteiger charge is 2.49. The van der Waals surface area contributed by atoms with Crippen LogP contribution in [-0.4, -0.2) is 17.7 Å². The fourth-order valence-corrected chi connectivity index (χ4v) is 4.74. The molecule has 1 saturated heterocycles. The van der Waals surface area contributed by atoms with E-state index in [1.54, 1.807) is 24.3 Å². The molecule has 0 aromatic heterocycles. The standard InChI is InChI=1S/C23H21IN2O3/c1-13-7-9-16-18(11-13)23(29)26(22(16)28)20-6-4-3-5-17(20)21(27)25-19-10-8-15(24)12-14(19)2/h3-8,10,12,16,18H,9,11H2,1-2H3,(H,25,27)/t16-,18+/m1/s1. The van der Waals surface area contributed by atoms with E-state index in [0.29, 0.717) is 29.8 Å². The molecule has 4 rings (SSSR count). The Morgan fingerprint density at radius 3 is 2.55 bits per heavy atom. The van der Waals surface area contributed by atoms with Gasteiger partial charge in [0.15, 0.2) is 0 Å². The molecule has 3 amide bonds. The maximum Gasteiger partial charge on any atom is 0.257 e. The lowest BCUT2D eigenvalue weighted by Crippen LogP contribution is -2.33. The van der Waals surface area contributed by atoms with E-state index >= 15 is 0 Å². The number of fused-ring (bicyclic) bond motifs is 1. The number of halogens is 1. The molecule has 5 nitrogen and oxygen atoms in total. The lowest BCUT2D eigenvalue weighted by atomic mass is 9.82. The molecular weight excluding hydrogens is 479 g/mol. The largest absolute Gasteiger partial charge is 0.322 e. The Morgan fingerprint density at radius 1 is 1.07 bits per heavy atom. The van der Waals surface area contributed by atoms with Crippen molar-refractivity contribution < 1.29 is 14.4 Å². The SMILES string of the molecule is CC1=CC[C@H]2C(=O)N(c3ccccc3C(=O)Nc3ccc(I)cc3C)C(=O)[C@H]2C1. The summed E-state index contributed by atoms with van der Waals surface area (Å²) in [5, 5.41) is 2.92. The van der Waals surface area contributed by atoms with Crippen LogP contribution in [0.15, 0.2) is 54.1 Å². The van der Waals surface area contributed by atoms with Crippen molar-refractivity contribution in [3.63, 3.8) is 0 Å². The van der Waals surface area contributed by atoms with Crippen molar-refractivity contribution >= 4 is 51.7 Å². The molecule has 1 fully saturated rings. The molecule has 1 heterocycles. The highest BCUT2D eigenvalue weighted by Crippen LogP contribution is 2.40. The lowest BCUT2D eigenvalue weighted by Gasteiger charge is -2.19. The van der Waals surface area contributed by atoms with Gasteiger partial charge in [-0.2, -0.15) is 0 Å². The number of benzene rings is 2. The van der Waals surface area contributed by atoms with Crippen molar-refractivity contribution in [2.75, 3.05) is 10.2 Å². The zero-order chi connectivity index (χ0) is 20.7. The minimum atomic E-state index is -0.338. The average Bonchev–Trinajstić information content (AvgIpc) is 2.94. The first kappa shape index (κ1) is 19.8. The van der Waals surface area contributed by atoms with Gasteiger partial charge in [0.2, 0.25) is 11.8 Å². The molecule has 1 aliphatic carbocycles. The van der Waals surface area contributed by atoms with E-state index in [9.17, 15) is 14.4 Å². The van der Waals surface area contributed by atoms with Gasteiger partial charge in [0.1, 0.15) is 0 Å². The number of imide groups is 1. The highest BCUT2D eigenvalue weighted by atomic mass is 127. The summed E-state index contributed by atoms with van der Waals surface area (Å²) in [5.41, 5.74) is 3.46. The number of hydrogen-bond donors (Lipinski definition) is 1. The van der Waals surface area contributed by atoms with Gasteiger partial charge in [-0.15, -0.1) is 0 Å². The molecule has 0 unspecified atom stereocenters. The molecule has 0 bridgehead atoms. The maximum atomic E-state index is 13.1. The van der Waals surface area contributed by atoms with Crippen LogP contribution >= 0.6 is 22.6 Å². The van der Waals surface area contributed by atoms with Crippen LogP contribution in [0.1, 0.15) is 35.7 Å². The second-order valence-electron chi connectivity index (χ2n) is 7.65. The summed E-state index contributed by atoms with van der Waals surface area (Å²) in [4.78, 5) is 40.3. The van der Waals surface area contributed by atoms with Crippen molar-refractivity contribution in [1.29, 1.82) is 0 Å². The van der Waals surface area contributed by atoms with E-state index in [1.165, 1.54) is 4.90 Å². The molecule has 2 aromatic carbocycles. The fraction of sp³-hybridized carbons (Fsp3) is 0.261. The smallest absolute Gasteiger partial charge is 0.257 e. The van der Waals surface area contributed by atoms with Gasteiger partial charge in [0.25, 0.3) is 5.91 Å². The second-order valence-corrected chi connectivity index (χ2v) is 8.89. The Balaban J connectivity index is 1.66. The predicted octanol–water partition coefficient (Wildman–Crippen LogP) is 4.70. The van der Waals surface area contributed by atoms with Crippen molar-refractivity contribution in [2.24, 2.45) is 11.8 Å². The monoisotopic (exact) mass is 500 g/mol. The van der Waals surface area contributed by atoms with E-state index in [2.05, 4.69) is 27.9 Å². The number of para-hydroxylation sites is 1. The van der Waals surface area contributed by atoms with Gasteiger partial charge in [-0.05, 0) is 85.2 Å². The van der Waals surface area contributed by atoms with Gasteiger partial charge in [-0.25, -0.2) is 4.90 Å². The van der Waals surface area contributed by atoms with E-state index in [1.807, 2.05) is 38.1 Å². The summed E-state index contributed by atoms with van der Waals surface area (Å²) in [5.74, 6) is -1.43. The van der Waals surface area contributed by atoms with Crippen LogP contribution < -0.4 is 10.2 Å². The van der Waals surface area contributed by atoms with Gasteiger partial charge in [0, 0.05) is 9.26 Å². The third-order valence-corrected chi connectivity index (χ3v) is 6.32. The van der Waals surface area contributed by atoms with E-state index in [4.69, 9.17) is 0 Å². The first-order chi connectivity index (χ1) is 13.9. The highest BCUT2D eigenvalue weighted by molar-refractivity contribution is 14.1. The number of anilines is 2. The number of carbonyl (C=O) groups is 3. The van der Waals surface area contributed by atoms with Crippen molar-refractivity contribution in [2.45, 2.75) is 26.7 Å². The normalized spacial score (nSPS) is 21.1. The van der Waals surface area contributed by atoms with Crippen LogP contribution in [0.25, 0.3) is 0 Å². The van der Waals surface area contributed by atoms with Gasteiger partial charge < -0.3 is 5.32 Å². The number of rotatable bonds is 3. The molecule has 0 spiro atoms. The summed E-state index contributed by atoms with van der Waals surface area (Å²) in [6.45, 7) is 3.92. The number of amides is 3. The summed E-state index contributed by atoms with van der Waals surface area (Å²) in [6.07, 6.45) is 3.21. The number of carbonyl (C=O) groups excluding carboxylic acids is 3. The van der Waals surface area contributed by atoms with Crippen LogP contribution in [0, 0.1) is 22.3 Å². The first-order valence-electron chi connectivity index (χ1n) is 9.57. The molecular formula is C23H21IN2O3. The molecule has 2 atom stereocenters. The van der Waals surface area contributed by atoms with Gasteiger partial charge in [-0.1, -0.05) is 23.8 Å².